The number of hydrogen-bond donors (Lipinski definition) is 1. The Hall–Kier alpha value is -2.81. The predicted molar refractivity (Wildman–Crippen MR) is 131 cm³/mol. The molecular weight excluding hydrogens is 465 g/mol. The van der Waals surface area contributed by atoms with Crippen molar-refractivity contribution < 1.29 is 17.5 Å². The summed E-state index contributed by atoms with van der Waals surface area (Å²) in [5.74, 6) is 0.206. The van der Waals surface area contributed by atoms with Gasteiger partial charge >= 0.3 is 0 Å². The van der Waals surface area contributed by atoms with Crippen LogP contribution in [0.1, 0.15) is 0 Å². The van der Waals surface area contributed by atoms with E-state index in [1.807, 2.05) is 31.1 Å². The highest BCUT2D eigenvalue weighted by Crippen LogP contribution is 2.30. The number of para-hydroxylation sites is 2. The van der Waals surface area contributed by atoms with Crippen molar-refractivity contribution in [3.8, 4) is 5.75 Å². The number of benzene rings is 3. The minimum absolute atomic E-state index is 0.0310. The second-order valence-corrected chi connectivity index (χ2v) is 9.88. The predicted octanol–water partition coefficient (Wildman–Crippen LogP) is 4.73. The van der Waals surface area contributed by atoms with E-state index in [0.29, 0.717) is 41.8 Å². The zero-order valence-corrected chi connectivity index (χ0v) is 20.1. The number of anilines is 2. The van der Waals surface area contributed by atoms with Crippen LogP contribution in [0.15, 0.2) is 77.7 Å². The van der Waals surface area contributed by atoms with E-state index in [9.17, 15) is 12.8 Å². The Labute approximate surface area is 199 Å². The van der Waals surface area contributed by atoms with E-state index in [1.54, 1.807) is 36.4 Å². The number of halogens is 2. The van der Waals surface area contributed by atoms with Crippen LogP contribution >= 0.6 is 11.6 Å². The van der Waals surface area contributed by atoms with Crippen molar-refractivity contribution in [2.75, 3.05) is 50.0 Å². The molecule has 3 aromatic carbocycles. The molecule has 1 N–H and O–H groups in total. The van der Waals surface area contributed by atoms with Gasteiger partial charge in [-0.2, -0.15) is 0 Å². The molecule has 0 bridgehead atoms. The van der Waals surface area contributed by atoms with E-state index in [2.05, 4.69) is 5.32 Å². The number of sulfonamides is 1. The molecule has 0 heterocycles. The van der Waals surface area contributed by atoms with E-state index >= 15 is 0 Å². The van der Waals surface area contributed by atoms with Crippen LogP contribution in [0.2, 0.25) is 5.02 Å². The summed E-state index contributed by atoms with van der Waals surface area (Å²) >= 11 is 5.89. The molecule has 0 aliphatic carbocycles. The third-order valence-corrected chi connectivity index (χ3v) is 6.90. The molecule has 0 amide bonds. The standard InChI is InChI=1S/C24H27ClFN3O3S/c1-28(2)16-17-29(33(30,31)22-13-9-20(26)10-14-22)24-6-4-3-5-23(24)27-15-18-32-21-11-7-19(25)8-12-21/h3-14,27H,15-18H2,1-2H3. The molecule has 0 radical (unpaired) electrons. The van der Waals surface area contributed by atoms with Gasteiger partial charge in [0.25, 0.3) is 10.0 Å². The number of nitrogens with one attached hydrogen (secondary N) is 1. The smallest absolute Gasteiger partial charge is 0.264 e. The van der Waals surface area contributed by atoms with E-state index in [4.69, 9.17) is 16.3 Å². The Morgan fingerprint density at radius 1 is 0.939 bits per heavy atom. The molecule has 0 saturated heterocycles. The van der Waals surface area contributed by atoms with E-state index in [1.165, 1.54) is 16.4 Å². The lowest BCUT2D eigenvalue weighted by atomic mass is 10.2. The first-order valence-electron chi connectivity index (χ1n) is 10.4. The molecule has 0 unspecified atom stereocenters. The van der Waals surface area contributed by atoms with Crippen molar-refractivity contribution in [2.45, 2.75) is 4.90 Å². The number of nitrogens with zero attached hydrogens (tertiary/aromatic N) is 2. The molecule has 0 aliphatic heterocycles. The van der Waals surface area contributed by atoms with Gasteiger partial charge in [-0.25, -0.2) is 12.8 Å². The van der Waals surface area contributed by atoms with Gasteiger partial charge in [-0.05, 0) is 74.8 Å². The summed E-state index contributed by atoms with van der Waals surface area (Å²) in [6.45, 7) is 1.57. The first kappa shape index (κ1) is 24.8. The lowest BCUT2D eigenvalue weighted by Gasteiger charge is -2.28. The fraction of sp³-hybridized carbons (Fsp3) is 0.250. The summed E-state index contributed by atoms with van der Waals surface area (Å²) in [7, 11) is -0.159. The van der Waals surface area contributed by atoms with Gasteiger partial charge < -0.3 is 15.0 Å². The van der Waals surface area contributed by atoms with Crippen LogP contribution in [-0.2, 0) is 10.0 Å². The van der Waals surface area contributed by atoms with E-state index in [0.717, 1.165) is 12.1 Å². The Bertz CT molecular complexity index is 1140. The van der Waals surface area contributed by atoms with Crippen molar-refractivity contribution in [2.24, 2.45) is 0 Å². The van der Waals surface area contributed by atoms with Crippen LogP contribution in [0, 0.1) is 5.82 Å². The topological polar surface area (TPSA) is 61.9 Å². The molecule has 6 nitrogen and oxygen atoms in total. The number of ether oxygens (including phenoxy) is 1. The Morgan fingerprint density at radius 2 is 1.61 bits per heavy atom. The van der Waals surface area contributed by atoms with Crippen LogP contribution in [0.25, 0.3) is 0 Å². The summed E-state index contributed by atoms with van der Waals surface area (Å²) in [5, 5.41) is 3.90. The molecule has 9 heteroatoms. The zero-order valence-electron chi connectivity index (χ0n) is 18.5. The van der Waals surface area contributed by atoms with E-state index in [-0.39, 0.29) is 11.4 Å². The highest BCUT2D eigenvalue weighted by molar-refractivity contribution is 7.92. The summed E-state index contributed by atoms with van der Waals surface area (Å²) in [4.78, 5) is 1.94. The molecular formula is C24H27ClFN3O3S. The fourth-order valence-electron chi connectivity index (χ4n) is 3.12. The summed E-state index contributed by atoms with van der Waals surface area (Å²) in [5.41, 5.74) is 1.16. The highest BCUT2D eigenvalue weighted by atomic mass is 35.5. The second-order valence-electron chi connectivity index (χ2n) is 7.58. The van der Waals surface area contributed by atoms with Crippen LogP contribution in [-0.4, -0.2) is 53.7 Å². The van der Waals surface area contributed by atoms with Crippen molar-refractivity contribution in [1.29, 1.82) is 0 Å². The van der Waals surface area contributed by atoms with Crippen molar-refractivity contribution in [1.82, 2.24) is 4.90 Å². The van der Waals surface area contributed by atoms with E-state index < -0.39 is 15.8 Å². The van der Waals surface area contributed by atoms with Crippen LogP contribution in [0.3, 0.4) is 0 Å². The van der Waals surface area contributed by atoms with Crippen molar-refractivity contribution in [3.05, 3.63) is 83.6 Å². The van der Waals surface area contributed by atoms with Gasteiger partial charge in [0.2, 0.25) is 0 Å². The maximum atomic E-state index is 13.5. The van der Waals surface area contributed by atoms with Crippen LogP contribution in [0.5, 0.6) is 5.75 Å². The van der Waals surface area contributed by atoms with Crippen molar-refractivity contribution >= 4 is 33.0 Å². The average molecular weight is 492 g/mol. The normalized spacial score (nSPS) is 11.4. The van der Waals surface area contributed by atoms with Crippen molar-refractivity contribution in [3.63, 3.8) is 0 Å². The van der Waals surface area contributed by atoms with Gasteiger partial charge in [-0.3, -0.25) is 4.31 Å². The maximum Gasteiger partial charge on any atom is 0.264 e. The average Bonchev–Trinajstić information content (AvgIpc) is 2.79. The van der Waals surface area contributed by atoms with Crippen LogP contribution < -0.4 is 14.4 Å². The minimum Gasteiger partial charge on any atom is -0.492 e. The lowest BCUT2D eigenvalue weighted by Crippen LogP contribution is -2.37. The third-order valence-electron chi connectivity index (χ3n) is 4.82. The monoisotopic (exact) mass is 491 g/mol. The first-order valence-corrected chi connectivity index (χ1v) is 12.2. The quantitative estimate of drug-likeness (QED) is 0.393. The molecule has 0 saturated carbocycles. The molecule has 176 valence electrons. The molecule has 33 heavy (non-hydrogen) atoms. The molecule has 3 aromatic rings. The Balaban J connectivity index is 1.80. The maximum absolute atomic E-state index is 13.5. The second kappa shape index (κ2) is 11.4. The molecule has 0 aromatic heterocycles. The van der Waals surface area contributed by atoms with Gasteiger partial charge in [0, 0.05) is 24.7 Å². The van der Waals surface area contributed by atoms with Gasteiger partial charge in [-0.1, -0.05) is 23.7 Å². The largest absolute Gasteiger partial charge is 0.492 e. The Kier molecular flexibility index (Phi) is 8.55. The molecule has 0 fully saturated rings. The number of rotatable bonds is 11. The van der Waals surface area contributed by atoms with Gasteiger partial charge in [0.15, 0.2) is 0 Å². The Morgan fingerprint density at radius 3 is 2.27 bits per heavy atom. The minimum atomic E-state index is -3.91. The van der Waals surface area contributed by atoms with Gasteiger partial charge in [0.05, 0.1) is 16.3 Å². The number of likely N-dealkylation sites (N-methyl/N-ethyl adjacent to an activating group) is 1. The summed E-state index contributed by atoms with van der Waals surface area (Å²) in [6.07, 6.45) is 0. The third kappa shape index (κ3) is 6.83. The summed E-state index contributed by atoms with van der Waals surface area (Å²) in [6, 6.07) is 19.1. The zero-order chi connectivity index (χ0) is 23.8. The molecule has 0 aliphatic rings. The molecule has 3 rings (SSSR count). The molecule has 0 atom stereocenters. The highest BCUT2D eigenvalue weighted by Gasteiger charge is 2.26. The fourth-order valence-corrected chi connectivity index (χ4v) is 4.72. The lowest BCUT2D eigenvalue weighted by molar-refractivity contribution is 0.333. The number of hydrogen-bond acceptors (Lipinski definition) is 5. The first-order chi connectivity index (χ1) is 15.8. The van der Waals surface area contributed by atoms with Crippen LogP contribution in [0.4, 0.5) is 15.8 Å². The SMILES string of the molecule is CN(C)CCN(c1ccccc1NCCOc1ccc(Cl)cc1)S(=O)(=O)c1ccc(F)cc1. The van der Waals surface area contributed by atoms with Gasteiger partial charge in [0.1, 0.15) is 18.2 Å². The summed E-state index contributed by atoms with van der Waals surface area (Å²) < 4.78 is 47.4. The van der Waals surface area contributed by atoms with Gasteiger partial charge in [-0.15, -0.1) is 0 Å². The molecule has 0 spiro atoms.